The maximum Gasteiger partial charge on any atom is 0.329 e. The highest BCUT2D eigenvalue weighted by molar-refractivity contribution is 6.39. The largest absolute Gasteiger partial charge is 0.484 e. The molecule has 0 unspecified atom stereocenters. The quantitative estimate of drug-likeness (QED) is 0.258. The number of para-hydroxylation sites is 1. The summed E-state index contributed by atoms with van der Waals surface area (Å²) in [5.41, 5.74) is 4.95. The van der Waals surface area contributed by atoms with Gasteiger partial charge in [-0.2, -0.15) is 5.10 Å². The van der Waals surface area contributed by atoms with E-state index in [-0.39, 0.29) is 12.5 Å². The molecule has 0 aromatic heterocycles. The molecule has 3 aromatic rings. The van der Waals surface area contributed by atoms with Crippen molar-refractivity contribution < 1.29 is 19.1 Å². The molecule has 0 saturated heterocycles. The molecule has 3 amide bonds. The van der Waals surface area contributed by atoms with Crippen LogP contribution in [-0.2, 0) is 20.8 Å². The van der Waals surface area contributed by atoms with E-state index in [1.165, 1.54) is 12.3 Å². The van der Waals surface area contributed by atoms with Crippen molar-refractivity contribution in [3.05, 3.63) is 88.9 Å². The van der Waals surface area contributed by atoms with Crippen LogP contribution in [0.4, 0.5) is 11.4 Å². The highest BCUT2D eigenvalue weighted by atomic mass is 35.5. The first kappa shape index (κ1) is 24.5. The normalized spacial score (nSPS) is 10.5. The second-order valence-electron chi connectivity index (χ2n) is 7.08. The molecule has 9 heteroatoms. The monoisotopic (exact) mass is 478 g/mol. The molecule has 0 heterocycles. The number of nitrogens with zero attached hydrogens (tertiary/aromatic N) is 1. The Morgan fingerprint density at radius 2 is 1.74 bits per heavy atom. The van der Waals surface area contributed by atoms with Gasteiger partial charge in [-0.1, -0.05) is 54.9 Å². The van der Waals surface area contributed by atoms with Crippen molar-refractivity contribution in [1.29, 1.82) is 0 Å². The Kier molecular flexibility index (Phi) is 8.76. The molecule has 3 aromatic carbocycles. The third-order valence-electron chi connectivity index (χ3n) is 4.57. The molecule has 0 radical (unpaired) electrons. The van der Waals surface area contributed by atoms with Crippen molar-refractivity contribution in [3.8, 4) is 5.75 Å². The average molecular weight is 479 g/mol. The third-order valence-corrected chi connectivity index (χ3v) is 4.80. The average Bonchev–Trinajstić information content (AvgIpc) is 2.83. The lowest BCUT2D eigenvalue weighted by Crippen LogP contribution is -2.32. The molecule has 0 bridgehead atoms. The molecule has 0 fully saturated rings. The first-order valence-corrected chi connectivity index (χ1v) is 10.8. The van der Waals surface area contributed by atoms with Gasteiger partial charge in [0.05, 0.1) is 6.21 Å². The van der Waals surface area contributed by atoms with Gasteiger partial charge in [0.25, 0.3) is 5.91 Å². The summed E-state index contributed by atoms with van der Waals surface area (Å²) >= 11 is 5.85. The van der Waals surface area contributed by atoms with Gasteiger partial charge < -0.3 is 15.4 Å². The number of nitrogens with one attached hydrogen (secondary N) is 3. The SMILES string of the molecule is CCc1ccccc1NC(=O)COc1cccc(/C=N\NC(=O)C(=O)Nc2cccc(Cl)c2)c1. The molecule has 0 spiro atoms. The fourth-order valence-corrected chi connectivity index (χ4v) is 3.13. The van der Waals surface area contributed by atoms with E-state index in [1.54, 1.807) is 42.5 Å². The molecular weight excluding hydrogens is 456 g/mol. The van der Waals surface area contributed by atoms with Crippen LogP contribution in [0.1, 0.15) is 18.1 Å². The van der Waals surface area contributed by atoms with Crippen molar-refractivity contribution in [2.24, 2.45) is 5.10 Å². The van der Waals surface area contributed by atoms with E-state index in [0.29, 0.717) is 22.0 Å². The number of benzene rings is 3. The van der Waals surface area contributed by atoms with Gasteiger partial charge in [0.1, 0.15) is 5.75 Å². The molecule has 3 N–H and O–H groups in total. The van der Waals surface area contributed by atoms with Crippen LogP contribution in [-0.4, -0.2) is 30.5 Å². The number of hydrazone groups is 1. The summed E-state index contributed by atoms with van der Waals surface area (Å²) in [6.45, 7) is 1.85. The number of hydrogen-bond donors (Lipinski definition) is 3. The van der Waals surface area contributed by atoms with E-state index in [2.05, 4.69) is 21.2 Å². The predicted octanol–water partition coefficient (Wildman–Crippen LogP) is 4.01. The van der Waals surface area contributed by atoms with Gasteiger partial charge in [-0.05, 0) is 53.9 Å². The van der Waals surface area contributed by atoms with Crippen LogP contribution in [0.15, 0.2) is 77.9 Å². The first-order valence-electron chi connectivity index (χ1n) is 10.4. The molecule has 34 heavy (non-hydrogen) atoms. The smallest absolute Gasteiger partial charge is 0.329 e. The van der Waals surface area contributed by atoms with E-state index < -0.39 is 11.8 Å². The van der Waals surface area contributed by atoms with E-state index in [1.807, 2.05) is 31.2 Å². The number of aryl methyl sites for hydroxylation is 1. The zero-order chi connectivity index (χ0) is 24.3. The van der Waals surface area contributed by atoms with E-state index >= 15 is 0 Å². The lowest BCUT2D eigenvalue weighted by atomic mass is 10.1. The zero-order valence-electron chi connectivity index (χ0n) is 18.4. The summed E-state index contributed by atoms with van der Waals surface area (Å²) in [6.07, 6.45) is 2.16. The molecule has 0 aliphatic heterocycles. The number of rotatable bonds is 8. The van der Waals surface area contributed by atoms with Gasteiger partial charge >= 0.3 is 11.8 Å². The van der Waals surface area contributed by atoms with Crippen molar-refractivity contribution >= 4 is 46.9 Å². The standard InChI is InChI=1S/C25H23ClN4O4/c1-2-18-8-3-4-12-22(18)29-23(31)16-34-21-11-5-7-17(13-21)15-27-30-25(33)24(32)28-20-10-6-9-19(26)14-20/h3-15H,2,16H2,1H3,(H,28,32)(H,29,31)(H,30,33)/b27-15-. The minimum Gasteiger partial charge on any atom is -0.484 e. The van der Waals surface area contributed by atoms with E-state index in [0.717, 1.165) is 17.7 Å². The van der Waals surface area contributed by atoms with Crippen LogP contribution in [0.2, 0.25) is 5.02 Å². The van der Waals surface area contributed by atoms with Crippen LogP contribution >= 0.6 is 11.6 Å². The Morgan fingerprint density at radius 1 is 0.941 bits per heavy atom. The summed E-state index contributed by atoms with van der Waals surface area (Å²) in [4.78, 5) is 36.1. The Hall–Kier alpha value is -4.17. The Labute approximate surface area is 202 Å². The lowest BCUT2D eigenvalue weighted by molar-refractivity contribution is -0.136. The predicted molar refractivity (Wildman–Crippen MR) is 132 cm³/mol. The molecule has 8 nitrogen and oxygen atoms in total. The number of ether oxygens (including phenoxy) is 1. The number of carbonyl (C=O) groups excluding carboxylic acids is 3. The molecule has 0 aliphatic rings. The van der Waals surface area contributed by atoms with Crippen LogP contribution in [0.5, 0.6) is 5.75 Å². The van der Waals surface area contributed by atoms with Gasteiger partial charge in [-0.3, -0.25) is 14.4 Å². The van der Waals surface area contributed by atoms with Gasteiger partial charge in [0.2, 0.25) is 0 Å². The molecule has 174 valence electrons. The first-order chi connectivity index (χ1) is 16.4. The molecule has 3 rings (SSSR count). The minimum absolute atomic E-state index is 0.168. The van der Waals surface area contributed by atoms with Crippen molar-refractivity contribution in [2.45, 2.75) is 13.3 Å². The number of hydrogen-bond acceptors (Lipinski definition) is 5. The summed E-state index contributed by atoms with van der Waals surface area (Å²) in [7, 11) is 0. The topological polar surface area (TPSA) is 109 Å². The second kappa shape index (κ2) is 12.2. The molecule has 0 atom stereocenters. The molecule has 0 aliphatic carbocycles. The van der Waals surface area contributed by atoms with Crippen LogP contribution in [0.3, 0.4) is 0 Å². The van der Waals surface area contributed by atoms with Crippen LogP contribution in [0.25, 0.3) is 0 Å². The van der Waals surface area contributed by atoms with Crippen molar-refractivity contribution in [1.82, 2.24) is 5.43 Å². The second-order valence-corrected chi connectivity index (χ2v) is 7.52. The Balaban J connectivity index is 1.49. The minimum atomic E-state index is -0.937. The fraction of sp³-hybridized carbons (Fsp3) is 0.120. The Bertz CT molecular complexity index is 1210. The number of amides is 3. The Morgan fingerprint density at radius 3 is 2.53 bits per heavy atom. The molecular formula is C25H23ClN4O4. The van der Waals surface area contributed by atoms with Gasteiger partial charge in [0.15, 0.2) is 6.61 Å². The maximum absolute atomic E-state index is 12.2. The van der Waals surface area contributed by atoms with Crippen molar-refractivity contribution in [2.75, 3.05) is 17.2 Å². The van der Waals surface area contributed by atoms with Crippen LogP contribution < -0.4 is 20.8 Å². The highest BCUT2D eigenvalue weighted by Crippen LogP contribution is 2.16. The van der Waals surface area contributed by atoms with E-state index in [4.69, 9.17) is 16.3 Å². The highest BCUT2D eigenvalue weighted by Gasteiger charge is 2.13. The van der Waals surface area contributed by atoms with Gasteiger partial charge in [0, 0.05) is 16.4 Å². The summed E-state index contributed by atoms with van der Waals surface area (Å²) in [6, 6.07) is 20.8. The van der Waals surface area contributed by atoms with E-state index in [9.17, 15) is 14.4 Å². The number of anilines is 2. The van der Waals surface area contributed by atoms with Gasteiger partial charge in [-0.15, -0.1) is 0 Å². The zero-order valence-corrected chi connectivity index (χ0v) is 19.1. The summed E-state index contributed by atoms with van der Waals surface area (Å²) in [5.74, 6) is -1.65. The fourth-order valence-electron chi connectivity index (χ4n) is 2.94. The van der Waals surface area contributed by atoms with Crippen molar-refractivity contribution in [3.63, 3.8) is 0 Å². The molecule has 0 saturated carbocycles. The summed E-state index contributed by atoms with van der Waals surface area (Å²) < 4.78 is 5.56. The summed E-state index contributed by atoms with van der Waals surface area (Å²) in [5, 5.41) is 9.48. The van der Waals surface area contributed by atoms with Gasteiger partial charge in [-0.25, -0.2) is 5.43 Å². The number of carbonyl (C=O) groups is 3. The third kappa shape index (κ3) is 7.46. The van der Waals surface area contributed by atoms with Crippen LogP contribution in [0, 0.1) is 0 Å². The maximum atomic E-state index is 12.2. The lowest BCUT2D eigenvalue weighted by Gasteiger charge is -2.10. The number of halogens is 1.